The average molecular weight is 287 g/mol. The molecule has 1 aliphatic heterocycles. The number of nitrogens with zero attached hydrogens (tertiary/aromatic N) is 1. The molecule has 0 aromatic carbocycles. The predicted octanol–water partition coefficient (Wildman–Crippen LogP) is 0.822. The molecule has 0 bridgehead atoms. The number of halogens is 2. The van der Waals surface area contributed by atoms with Gasteiger partial charge in [-0.15, -0.1) is 0 Å². The SMILES string of the molecule is O=C(NC1(COC(F)F)CC1)c1noc2c1CNCC2. The lowest BCUT2D eigenvalue weighted by atomic mass is 10.1. The summed E-state index contributed by atoms with van der Waals surface area (Å²) in [5.74, 6) is 0.316. The van der Waals surface area contributed by atoms with Gasteiger partial charge in [0.2, 0.25) is 0 Å². The molecule has 8 heteroatoms. The molecular formula is C12H15F2N3O3. The minimum Gasteiger partial charge on any atom is -0.360 e. The van der Waals surface area contributed by atoms with Gasteiger partial charge in [-0.2, -0.15) is 8.78 Å². The van der Waals surface area contributed by atoms with Gasteiger partial charge >= 0.3 is 6.61 Å². The molecular weight excluding hydrogens is 272 g/mol. The van der Waals surface area contributed by atoms with Gasteiger partial charge in [-0.05, 0) is 12.8 Å². The summed E-state index contributed by atoms with van der Waals surface area (Å²) in [5.41, 5.74) is 0.302. The molecule has 6 nitrogen and oxygen atoms in total. The summed E-state index contributed by atoms with van der Waals surface area (Å²) in [4.78, 5) is 12.2. The fourth-order valence-electron chi connectivity index (χ4n) is 2.29. The maximum Gasteiger partial charge on any atom is 0.345 e. The number of fused-ring (bicyclic) bond motifs is 1. The van der Waals surface area contributed by atoms with Gasteiger partial charge in [0.25, 0.3) is 5.91 Å². The van der Waals surface area contributed by atoms with Crippen LogP contribution in [-0.2, 0) is 17.7 Å². The Bertz CT molecular complexity index is 514. The monoisotopic (exact) mass is 287 g/mol. The summed E-state index contributed by atoms with van der Waals surface area (Å²) in [5, 5.41) is 9.65. The van der Waals surface area contributed by atoms with Crippen LogP contribution in [0.1, 0.15) is 34.7 Å². The van der Waals surface area contributed by atoms with Crippen molar-refractivity contribution >= 4 is 5.91 Å². The van der Waals surface area contributed by atoms with Crippen LogP contribution in [0.4, 0.5) is 8.78 Å². The van der Waals surface area contributed by atoms with E-state index in [4.69, 9.17) is 4.52 Å². The molecule has 110 valence electrons. The minimum atomic E-state index is -2.83. The number of carbonyl (C=O) groups excluding carboxylic acids is 1. The third-order valence-electron chi connectivity index (χ3n) is 3.63. The zero-order chi connectivity index (χ0) is 14.2. The van der Waals surface area contributed by atoms with Gasteiger partial charge in [0.05, 0.1) is 12.1 Å². The maximum absolute atomic E-state index is 12.2. The Balaban J connectivity index is 1.66. The Morgan fingerprint density at radius 1 is 1.55 bits per heavy atom. The van der Waals surface area contributed by atoms with Crippen molar-refractivity contribution in [2.75, 3.05) is 13.2 Å². The van der Waals surface area contributed by atoms with E-state index in [1.54, 1.807) is 0 Å². The molecule has 0 spiro atoms. The van der Waals surface area contributed by atoms with E-state index < -0.39 is 18.1 Å². The number of amides is 1. The zero-order valence-corrected chi connectivity index (χ0v) is 10.7. The number of alkyl halides is 2. The lowest BCUT2D eigenvalue weighted by Crippen LogP contribution is -2.41. The Kier molecular flexibility index (Phi) is 3.43. The quantitative estimate of drug-likeness (QED) is 0.838. The van der Waals surface area contributed by atoms with E-state index >= 15 is 0 Å². The van der Waals surface area contributed by atoms with Gasteiger partial charge in [-0.1, -0.05) is 5.16 Å². The van der Waals surface area contributed by atoms with Crippen LogP contribution in [0.3, 0.4) is 0 Å². The second kappa shape index (κ2) is 5.10. The first-order valence-corrected chi connectivity index (χ1v) is 6.50. The first kappa shape index (κ1) is 13.4. The minimum absolute atomic E-state index is 0.186. The fourth-order valence-corrected chi connectivity index (χ4v) is 2.29. The van der Waals surface area contributed by atoms with Crippen LogP contribution in [0.15, 0.2) is 4.52 Å². The molecule has 0 unspecified atom stereocenters. The Morgan fingerprint density at radius 3 is 3.05 bits per heavy atom. The van der Waals surface area contributed by atoms with Crippen LogP contribution in [-0.4, -0.2) is 36.4 Å². The molecule has 0 radical (unpaired) electrons. The molecule has 1 aliphatic carbocycles. The molecule has 1 aromatic heterocycles. The third-order valence-corrected chi connectivity index (χ3v) is 3.63. The molecule has 1 aromatic rings. The van der Waals surface area contributed by atoms with Crippen molar-refractivity contribution in [2.24, 2.45) is 0 Å². The van der Waals surface area contributed by atoms with Crippen LogP contribution >= 0.6 is 0 Å². The highest BCUT2D eigenvalue weighted by atomic mass is 19.3. The molecule has 0 saturated heterocycles. The molecule has 1 saturated carbocycles. The Hall–Kier alpha value is -1.54. The van der Waals surface area contributed by atoms with Crippen molar-refractivity contribution in [1.29, 1.82) is 0 Å². The van der Waals surface area contributed by atoms with Crippen LogP contribution in [0.25, 0.3) is 0 Å². The smallest absolute Gasteiger partial charge is 0.345 e. The van der Waals surface area contributed by atoms with E-state index in [1.807, 2.05) is 0 Å². The highest BCUT2D eigenvalue weighted by Gasteiger charge is 2.46. The first-order chi connectivity index (χ1) is 9.60. The van der Waals surface area contributed by atoms with Gasteiger partial charge in [0.15, 0.2) is 5.69 Å². The van der Waals surface area contributed by atoms with E-state index in [9.17, 15) is 13.6 Å². The Morgan fingerprint density at radius 2 is 2.35 bits per heavy atom. The van der Waals surface area contributed by atoms with Gasteiger partial charge in [0, 0.05) is 25.1 Å². The van der Waals surface area contributed by atoms with Gasteiger partial charge in [-0.3, -0.25) is 4.79 Å². The molecule has 2 N–H and O–H groups in total. The number of hydrogen-bond donors (Lipinski definition) is 2. The van der Waals surface area contributed by atoms with Crippen molar-refractivity contribution in [2.45, 2.75) is 38.0 Å². The van der Waals surface area contributed by atoms with Crippen LogP contribution in [0, 0.1) is 0 Å². The van der Waals surface area contributed by atoms with Crippen LogP contribution in [0.2, 0.25) is 0 Å². The van der Waals surface area contributed by atoms with Crippen molar-refractivity contribution in [1.82, 2.24) is 15.8 Å². The van der Waals surface area contributed by atoms with Crippen molar-refractivity contribution in [3.63, 3.8) is 0 Å². The number of aromatic nitrogens is 1. The highest BCUT2D eigenvalue weighted by Crippen LogP contribution is 2.36. The summed E-state index contributed by atoms with van der Waals surface area (Å²) in [6.07, 6.45) is 1.95. The van der Waals surface area contributed by atoms with Gasteiger partial charge in [0.1, 0.15) is 5.76 Å². The topological polar surface area (TPSA) is 76.4 Å². The largest absolute Gasteiger partial charge is 0.360 e. The van der Waals surface area contributed by atoms with Crippen molar-refractivity contribution in [3.05, 3.63) is 17.0 Å². The van der Waals surface area contributed by atoms with Gasteiger partial charge < -0.3 is 19.9 Å². The highest BCUT2D eigenvalue weighted by molar-refractivity contribution is 5.94. The molecule has 1 fully saturated rings. The maximum atomic E-state index is 12.2. The lowest BCUT2D eigenvalue weighted by molar-refractivity contribution is -0.135. The second-order valence-corrected chi connectivity index (χ2v) is 5.17. The molecule has 0 atom stereocenters. The first-order valence-electron chi connectivity index (χ1n) is 6.50. The summed E-state index contributed by atoms with van der Waals surface area (Å²) in [6, 6.07) is 0. The third kappa shape index (κ3) is 2.66. The van der Waals surface area contributed by atoms with E-state index in [0.29, 0.717) is 31.6 Å². The number of nitrogens with one attached hydrogen (secondary N) is 2. The van der Waals surface area contributed by atoms with E-state index in [2.05, 4.69) is 20.5 Å². The number of ether oxygens (including phenoxy) is 1. The zero-order valence-electron chi connectivity index (χ0n) is 10.7. The van der Waals surface area contributed by atoms with E-state index in [-0.39, 0.29) is 12.3 Å². The molecule has 1 amide bonds. The normalized spacial score (nSPS) is 19.8. The second-order valence-electron chi connectivity index (χ2n) is 5.17. The number of hydrogen-bond acceptors (Lipinski definition) is 5. The van der Waals surface area contributed by atoms with Crippen LogP contribution in [0.5, 0.6) is 0 Å². The molecule has 20 heavy (non-hydrogen) atoms. The van der Waals surface area contributed by atoms with Crippen molar-refractivity contribution in [3.8, 4) is 0 Å². The van der Waals surface area contributed by atoms with Gasteiger partial charge in [-0.25, -0.2) is 0 Å². The predicted molar refractivity (Wildman–Crippen MR) is 63.3 cm³/mol. The number of carbonyl (C=O) groups is 1. The summed E-state index contributed by atoms with van der Waals surface area (Å²) >= 11 is 0. The fraction of sp³-hybridized carbons (Fsp3) is 0.667. The molecule has 3 rings (SSSR count). The Labute approximate surface area is 113 Å². The number of rotatable bonds is 5. The molecule has 2 aliphatic rings. The summed E-state index contributed by atoms with van der Waals surface area (Å²) < 4.78 is 33.6. The summed E-state index contributed by atoms with van der Waals surface area (Å²) in [7, 11) is 0. The lowest BCUT2D eigenvalue weighted by Gasteiger charge is -2.17. The van der Waals surface area contributed by atoms with Crippen LogP contribution < -0.4 is 10.6 Å². The standard InChI is InChI=1S/C12H15F2N3O3/c13-11(14)19-6-12(2-3-12)16-10(18)9-7-5-15-4-1-8(7)20-17-9/h11,15H,1-6H2,(H,16,18). The van der Waals surface area contributed by atoms with E-state index in [0.717, 1.165) is 12.1 Å². The van der Waals surface area contributed by atoms with Crippen molar-refractivity contribution < 1.29 is 22.8 Å². The van der Waals surface area contributed by atoms with E-state index in [1.165, 1.54) is 0 Å². The molecule has 2 heterocycles. The average Bonchev–Trinajstić information content (AvgIpc) is 3.05. The summed E-state index contributed by atoms with van der Waals surface area (Å²) in [6.45, 7) is -1.69.